The predicted molar refractivity (Wildman–Crippen MR) is 163 cm³/mol. The van der Waals surface area contributed by atoms with Gasteiger partial charge in [0.25, 0.3) is 0 Å². The minimum atomic E-state index is -0.717. The zero-order valence-electron chi connectivity index (χ0n) is 23.1. The molecule has 41 heavy (non-hydrogen) atoms. The number of carbonyl (C=O) groups is 2. The Morgan fingerprint density at radius 1 is 1.00 bits per heavy atom. The molecule has 0 bridgehead atoms. The largest absolute Gasteiger partial charge is 0.496 e. The monoisotopic (exact) mass is 565 g/mol. The highest BCUT2D eigenvalue weighted by atomic mass is 32.2. The van der Waals surface area contributed by atoms with Gasteiger partial charge in [0.1, 0.15) is 17.6 Å². The third-order valence-corrected chi connectivity index (χ3v) is 7.95. The Kier molecular flexibility index (Phi) is 8.70. The second-order valence-electron chi connectivity index (χ2n) is 9.63. The molecule has 0 aliphatic heterocycles. The van der Waals surface area contributed by atoms with Crippen molar-refractivity contribution < 1.29 is 18.7 Å². The number of methoxy groups -OCH3 is 1. The number of benzene rings is 3. The van der Waals surface area contributed by atoms with E-state index >= 15 is 0 Å². The van der Waals surface area contributed by atoms with Crippen LogP contribution in [0, 0.1) is 6.92 Å². The molecule has 0 aliphatic carbocycles. The zero-order valence-corrected chi connectivity index (χ0v) is 24.0. The van der Waals surface area contributed by atoms with Gasteiger partial charge in [0.05, 0.1) is 19.1 Å². The number of nitrogens with one attached hydrogen (secondary N) is 2. The molecule has 5 rings (SSSR count). The number of ether oxygens (including phenoxy) is 1. The summed E-state index contributed by atoms with van der Waals surface area (Å²) in [5.41, 5.74) is 4.70. The van der Waals surface area contributed by atoms with Crippen molar-refractivity contribution >= 4 is 34.3 Å². The number of nitrogens with zero attached hydrogens (tertiary/aromatic N) is 1. The molecule has 5 aromatic rings. The number of carbonyl (C=O) groups excluding carboxylic acids is 2. The van der Waals surface area contributed by atoms with E-state index in [1.807, 2.05) is 61.7 Å². The van der Waals surface area contributed by atoms with Crippen molar-refractivity contribution in [2.45, 2.75) is 24.3 Å². The average molecular weight is 566 g/mol. The summed E-state index contributed by atoms with van der Waals surface area (Å²) in [6.45, 7) is 1.96. The maximum Gasteiger partial charge on any atom is 0.242 e. The Hall–Kier alpha value is -4.56. The fourth-order valence-corrected chi connectivity index (χ4v) is 5.72. The number of fused-ring (bicyclic) bond motifs is 1. The first-order chi connectivity index (χ1) is 20.0. The molecule has 2 heterocycles. The number of furan rings is 1. The van der Waals surface area contributed by atoms with Crippen LogP contribution < -0.4 is 15.4 Å². The number of rotatable bonds is 10. The topological polar surface area (TPSA) is 93.5 Å². The minimum Gasteiger partial charge on any atom is -0.496 e. The number of thioether (sulfide) groups is 1. The SMILES string of the molecule is CNC(=O)C(Cc1ccc(C)c(OC)c1)NC(=O)CSc1ccc2ccccc2c1-c1cncc(-c2ccco2)c1. The van der Waals surface area contributed by atoms with E-state index in [2.05, 4.69) is 39.9 Å². The Balaban J connectivity index is 1.38. The predicted octanol–water partition coefficient (Wildman–Crippen LogP) is 6.04. The fourth-order valence-electron chi connectivity index (χ4n) is 4.81. The number of pyridine rings is 1. The van der Waals surface area contributed by atoms with Gasteiger partial charge in [0.2, 0.25) is 11.8 Å². The van der Waals surface area contributed by atoms with Gasteiger partial charge in [0, 0.05) is 47.4 Å². The maximum absolute atomic E-state index is 13.2. The number of amides is 2. The second-order valence-corrected chi connectivity index (χ2v) is 10.6. The summed E-state index contributed by atoms with van der Waals surface area (Å²) >= 11 is 1.43. The van der Waals surface area contributed by atoms with Gasteiger partial charge in [-0.3, -0.25) is 14.6 Å². The Morgan fingerprint density at radius 2 is 1.83 bits per heavy atom. The van der Waals surface area contributed by atoms with Crippen LogP contribution in [-0.2, 0) is 16.0 Å². The Bertz CT molecular complexity index is 1680. The average Bonchev–Trinajstić information content (AvgIpc) is 3.55. The van der Waals surface area contributed by atoms with Crippen LogP contribution in [0.3, 0.4) is 0 Å². The van der Waals surface area contributed by atoms with Crippen molar-refractivity contribution in [1.29, 1.82) is 0 Å². The normalized spacial score (nSPS) is 11.7. The van der Waals surface area contributed by atoms with Gasteiger partial charge in [-0.2, -0.15) is 0 Å². The van der Waals surface area contributed by atoms with Crippen LogP contribution in [0.4, 0.5) is 0 Å². The summed E-state index contributed by atoms with van der Waals surface area (Å²) in [6, 6.07) is 23.1. The number of hydrogen-bond donors (Lipinski definition) is 2. The van der Waals surface area contributed by atoms with Gasteiger partial charge in [-0.1, -0.05) is 42.5 Å². The summed E-state index contributed by atoms with van der Waals surface area (Å²) in [5.74, 6) is 1.13. The molecular formula is C33H31N3O4S. The van der Waals surface area contributed by atoms with Crippen molar-refractivity contribution in [3.63, 3.8) is 0 Å². The van der Waals surface area contributed by atoms with Gasteiger partial charge in [-0.05, 0) is 59.2 Å². The van der Waals surface area contributed by atoms with Crippen LogP contribution in [-0.4, -0.2) is 42.8 Å². The first-order valence-corrected chi connectivity index (χ1v) is 14.2. The van der Waals surface area contributed by atoms with Crippen LogP contribution in [0.25, 0.3) is 33.2 Å². The van der Waals surface area contributed by atoms with Crippen molar-refractivity contribution in [2.75, 3.05) is 19.9 Å². The smallest absolute Gasteiger partial charge is 0.242 e. The third kappa shape index (κ3) is 6.44. The molecule has 2 amide bonds. The van der Waals surface area contributed by atoms with Crippen molar-refractivity contribution in [2.24, 2.45) is 0 Å². The van der Waals surface area contributed by atoms with E-state index in [0.717, 1.165) is 55.0 Å². The van der Waals surface area contributed by atoms with Crippen LogP contribution in [0.5, 0.6) is 5.75 Å². The zero-order chi connectivity index (χ0) is 28.8. The van der Waals surface area contributed by atoms with Crippen LogP contribution in [0.15, 0.2) is 101 Å². The van der Waals surface area contributed by atoms with E-state index in [1.54, 1.807) is 26.6 Å². The summed E-state index contributed by atoms with van der Waals surface area (Å²) in [4.78, 5) is 31.3. The number of hydrogen-bond acceptors (Lipinski definition) is 6. The molecule has 2 aromatic heterocycles. The molecule has 208 valence electrons. The van der Waals surface area contributed by atoms with E-state index in [9.17, 15) is 9.59 Å². The number of likely N-dealkylation sites (N-methyl/N-ethyl adjacent to an activating group) is 1. The molecule has 0 radical (unpaired) electrons. The molecule has 1 unspecified atom stereocenters. The maximum atomic E-state index is 13.2. The van der Waals surface area contributed by atoms with Gasteiger partial charge >= 0.3 is 0 Å². The molecule has 0 saturated heterocycles. The number of aryl methyl sites for hydroxylation is 1. The molecular weight excluding hydrogens is 534 g/mol. The van der Waals surface area contributed by atoms with Crippen LogP contribution in [0.2, 0.25) is 0 Å². The third-order valence-electron chi connectivity index (χ3n) is 6.89. The molecule has 0 fully saturated rings. The highest BCUT2D eigenvalue weighted by molar-refractivity contribution is 8.00. The molecule has 2 N–H and O–H groups in total. The quantitative estimate of drug-likeness (QED) is 0.201. The Labute approximate surface area is 243 Å². The molecule has 3 aromatic carbocycles. The standard InChI is InChI=1S/C33H31N3O4S/c1-21-10-11-22(16-29(21)39-3)15-27(33(38)34-2)36-31(37)20-41-30-13-12-23-7-4-5-8-26(23)32(30)25-17-24(18-35-19-25)28-9-6-14-40-28/h4-14,16-19,27H,15,20H2,1-3H3,(H,34,38)(H,36,37). The van der Waals surface area contributed by atoms with Crippen molar-refractivity contribution in [3.05, 3.63) is 103 Å². The minimum absolute atomic E-state index is 0.140. The Morgan fingerprint density at radius 3 is 2.61 bits per heavy atom. The summed E-state index contributed by atoms with van der Waals surface area (Å²) in [5, 5.41) is 7.74. The molecule has 1 atom stereocenters. The lowest BCUT2D eigenvalue weighted by molar-refractivity contribution is -0.127. The van der Waals surface area contributed by atoms with Crippen molar-refractivity contribution in [1.82, 2.24) is 15.6 Å². The van der Waals surface area contributed by atoms with Crippen molar-refractivity contribution in [3.8, 4) is 28.2 Å². The summed E-state index contributed by atoms with van der Waals surface area (Å²) in [7, 11) is 3.18. The second kappa shape index (κ2) is 12.7. The molecule has 0 aliphatic rings. The van der Waals surface area contributed by atoms with Crippen LogP contribution >= 0.6 is 11.8 Å². The summed E-state index contributed by atoms with van der Waals surface area (Å²) in [6.07, 6.45) is 5.59. The molecule has 0 saturated carbocycles. The molecule has 8 heteroatoms. The molecule has 0 spiro atoms. The van der Waals surface area contributed by atoms with Gasteiger partial charge in [-0.15, -0.1) is 11.8 Å². The summed E-state index contributed by atoms with van der Waals surface area (Å²) < 4.78 is 11.0. The lowest BCUT2D eigenvalue weighted by Gasteiger charge is -2.19. The first kappa shape index (κ1) is 28.0. The van der Waals surface area contributed by atoms with Gasteiger partial charge in [0.15, 0.2) is 0 Å². The van der Waals surface area contributed by atoms with Gasteiger partial charge in [-0.25, -0.2) is 0 Å². The first-order valence-electron chi connectivity index (χ1n) is 13.2. The highest BCUT2D eigenvalue weighted by Gasteiger charge is 2.21. The van der Waals surface area contributed by atoms with Gasteiger partial charge < -0.3 is 19.8 Å². The number of aromatic nitrogens is 1. The van der Waals surface area contributed by atoms with E-state index in [4.69, 9.17) is 9.15 Å². The molecule has 7 nitrogen and oxygen atoms in total. The van der Waals surface area contributed by atoms with E-state index in [1.165, 1.54) is 11.8 Å². The van der Waals surface area contributed by atoms with E-state index in [-0.39, 0.29) is 17.6 Å². The van der Waals surface area contributed by atoms with E-state index in [0.29, 0.717) is 6.42 Å². The lowest BCUT2D eigenvalue weighted by Crippen LogP contribution is -2.47. The lowest BCUT2D eigenvalue weighted by atomic mass is 9.98. The highest BCUT2D eigenvalue weighted by Crippen LogP contribution is 2.38. The van der Waals surface area contributed by atoms with Crippen LogP contribution in [0.1, 0.15) is 11.1 Å². The van der Waals surface area contributed by atoms with E-state index < -0.39 is 6.04 Å². The fraction of sp³-hybridized carbons (Fsp3) is 0.182.